The average molecular weight is 361 g/mol. The molecule has 3 heterocycles. The molecule has 1 saturated heterocycles. The van der Waals surface area contributed by atoms with Gasteiger partial charge in [0.1, 0.15) is 12.4 Å². The molecule has 4 nitrogen and oxygen atoms in total. The molecule has 0 bridgehead atoms. The Morgan fingerprint density at radius 1 is 1.25 bits per heavy atom. The molecule has 0 N–H and O–H groups in total. The Bertz CT molecular complexity index is 779. The molecule has 0 saturated carbocycles. The zero-order valence-electron chi connectivity index (χ0n) is 13.1. The number of carbonyl (C=O) groups is 1. The van der Waals surface area contributed by atoms with Gasteiger partial charge in [-0.3, -0.25) is 4.79 Å². The molecule has 1 aromatic rings. The van der Waals surface area contributed by atoms with Gasteiger partial charge in [0.2, 0.25) is 0 Å². The van der Waals surface area contributed by atoms with Crippen molar-refractivity contribution in [1.29, 1.82) is 0 Å². The largest absolute Gasteiger partial charge is 0.488 e. The third-order valence-electron chi connectivity index (χ3n) is 4.26. The zero-order chi connectivity index (χ0) is 16.5. The Hall–Kier alpha value is -1.72. The van der Waals surface area contributed by atoms with Crippen LogP contribution in [-0.2, 0) is 4.79 Å². The number of ether oxygens (including phenoxy) is 1. The van der Waals surface area contributed by atoms with Gasteiger partial charge in [0.05, 0.1) is 4.91 Å². The molecule has 1 fully saturated rings. The van der Waals surface area contributed by atoms with Gasteiger partial charge in [0.25, 0.3) is 5.91 Å². The lowest BCUT2D eigenvalue weighted by molar-refractivity contribution is -0.113. The number of rotatable bonds is 1. The minimum atomic E-state index is -0.154. The smallest absolute Gasteiger partial charge is 0.286 e. The second-order valence-electron chi connectivity index (χ2n) is 6.05. The summed E-state index contributed by atoms with van der Waals surface area (Å²) in [5.74, 6) is 0.663. The van der Waals surface area contributed by atoms with Crippen molar-refractivity contribution >= 4 is 40.5 Å². The summed E-state index contributed by atoms with van der Waals surface area (Å²) in [4.78, 5) is 19.3. The molecule has 24 heavy (non-hydrogen) atoms. The van der Waals surface area contributed by atoms with Crippen LogP contribution in [0.5, 0.6) is 5.75 Å². The van der Waals surface area contributed by atoms with Crippen LogP contribution in [0.3, 0.4) is 0 Å². The van der Waals surface area contributed by atoms with Gasteiger partial charge in [-0.1, -0.05) is 11.6 Å². The molecule has 0 radical (unpaired) electrons. The van der Waals surface area contributed by atoms with Gasteiger partial charge in [0, 0.05) is 23.7 Å². The SMILES string of the molecule is O=C1N=C(N2CCCCC2)S/C1=C/C1=Cc2cc(Cl)ccc2OC1. The van der Waals surface area contributed by atoms with E-state index in [0.29, 0.717) is 16.5 Å². The van der Waals surface area contributed by atoms with Gasteiger partial charge in [-0.25, -0.2) is 0 Å². The van der Waals surface area contributed by atoms with Crippen molar-refractivity contribution < 1.29 is 9.53 Å². The van der Waals surface area contributed by atoms with E-state index in [-0.39, 0.29) is 5.91 Å². The molecule has 0 aliphatic carbocycles. The predicted octanol–water partition coefficient (Wildman–Crippen LogP) is 4.12. The van der Waals surface area contributed by atoms with E-state index in [4.69, 9.17) is 16.3 Å². The first-order valence-electron chi connectivity index (χ1n) is 8.09. The Balaban J connectivity index is 1.53. The number of aliphatic imine (C=N–C) groups is 1. The van der Waals surface area contributed by atoms with Crippen LogP contribution in [0.15, 0.2) is 39.7 Å². The number of amides is 1. The van der Waals surface area contributed by atoms with E-state index in [1.54, 1.807) is 0 Å². The number of nitrogens with zero attached hydrogens (tertiary/aromatic N) is 2. The van der Waals surface area contributed by atoms with Crippen molar-refractivity contribution in [2.75, 3.05) is 19.7 Å². The Kier molecular flexibility index (Phi) is 4.37. The highest BCUT2D eigenvalue weighted by Gasteiger charge is 2.27. The molecular weight excluding hydrogens is 344 g/mol. The number of benzene rings is 1. The van der Waals surface area contributed by atoms with Crippen molar-refractivity contribution in [3.63, 3.8) is 0 Å². The number of hydrogen-bond acceptors (Lipinski definition) is 4. The number of hydrogen-bond donors (Lipinski definition) is 0. The molecular formula is C18H17ClN2O2S. The van der Waals surface area contributed by atoms with Crippen molar-refractivity contribution in [2.24, 2.45) is 4.99 Å². The average Bonchev–Trinajstić information content (AvgIpc) is 2.96. The van der Waals surface area contributed by atoms with Gasteiger partial charge in [-0.2, -0.15) is 4.99 Å². The first-order valence-corrected chi connectivity index (χ1v) is 9.29. The van der Waals surface area contributed by atoms with Crippen LogP contribution in [0.2, 0.25) is 5.02 Å². The zero-order valence-corrected chi connectivity index (χ0v) is 14.7. The Morgan fingerprint density at radius 2 is 2.08 bits per heavy atom. The van der Waals surface area contributed by atoms with E-state index in [0.717, 1.165) is 35.1 Å². The van der Waals surface area contributed by atoms with Gasteiger partial charge >= 0.3 is 0 Å². The highest BCUT2D eigenvalue weighted by molar-refractivity contribution is 8.18. The number of halogens is 1. The van der Waals surface area contributed by atoms with E-state index < -0.39 is 0 Å². The van der Waals surface area contributed by atoms with Crippen molar-refractivity contribution in [2.45, 2.75) is 19.3 Å². The van der Waals surface area contributed by atoms with Crippen molar-refractivity contribution in [3.8, 4) is 5.75 Å². The number of thioether (sulfide) groups is 1. The third-order valence-corrected chi connectivity index (χ3v) is 5.54. The van der Waals surface area contributed by atoms with Crippen LogP contribution in [-0.4, -0.2) is 35.7 Å². The summed E-state index contributed by atoms with van der Waals surface area (Å²) in [5.41, 5.74) is 1.89. The van der Waals surface area contributed by atoms with Crippen LogP contribution in [0, 0.1) is 0 Å². The third kappa shape index (κ3) is 3.23. The molecule has 3 aliphatic heterocycles. The maximum absolute atomic E-state index is 12.2. The summed E-state index contributed by atoms with van der Waals surface area (Å²) in [7, 11) is 0. The first kappa shape index (κ1) is 15.8. The van der Waals surface area contributed by atoms with Crippen molar-refractivity contribution in [1.82, 2.24) is 4.90 Å². The van der Waals surface area contributed by atoms with E-state index in [1.165, 1.54) is 31.0 Å². The minimum Gasteiger partial charge on any atom is -0.488 e. The van der Waals surface area contributed by atoms with Crippen LogP contribution in [0.1, 0.15) is 24.8 Å². The topological polar surface area (TPSA) is 41.9 Å². The van der Waals surface area contributed by atoms with Crippen LogP contribution in [0.25, 0.3) is 6.08 Å². The summed E-state index contributed by atoms with van der Waals surface area (Å²) < 4.78 is 5.74. The highest BCUT2D eigenvalue weighted by Crippen LogP contribution is 2.33. The van der Waals surface area contributed by atoms with Crippen LogP contribution in [0.4, 0.5) is 0 Å². The lowest BCUT2D eigenvalue weighted by Crippen LogP contribution is -2.33. The van der Waals surface area contributed by atoms with E-state index in [2.05, 4.69) is 9.89 Å². The fourth-order valence-corrected chi connectivity index (χ4v) is 4.20. The number of carbonyl (C=O) groups excluding carboxylic acids is 1. The quantitative estimate of drug-likeness (QED) is 0.706. The molecule has 0 atom stereocenters. The van der Waals surface area contributed by atoms with Gasteiger partial charge < -0.3 is 9.64 Å². The number of likely N-dealkylation sites (tertiary alicyclic amines) is 1. The fourth-order valence-electron chi connectivity index (χ4n) is 3.04. The minimum absolute atomic E-state index is 0.154. The normalized spacial score (nSPS) is 22.1. The van der Waals surface area contributed by atoms with Gasteiger partial charge in [-0.05, 0) is 66.9 Å². The second-order valence-corrected chi connectivity index (χ2v) is 7.49. The monoisotopic (exact) mass is 360 g/mol. The summed E-state index contributed by atoms with van der Waals surface area (Å²) >= 11 is 7.51. The first-order chi connectivity index (χ1) is 11.7. The molecule has 0 aromatic heterocycles. The standard InChI is InChI=1S/C18H17ClN2O2S/c19-14-4-5-15-13(10-14)8-12(11-23-15)9-16-17(22)20-18(24-16)21-6-2-1-3-7-21/h4-5,8-10H,1-3,6-7,11H2/b16-9+. The highest BCUT2D eigenvalue weighted by atomic mass is 35.5. The second kappa shape index (κ2) is 6.65. The van der Waals surface area contributed by atoms with E-state index >= 15 is 0 Å². The number of fused-ring (bicyclic) bond motifs is 1. The van der Waals surface area contributed by atoms with Gasteiger partial charge in [-0.15, -0.1) is 0 Å². The maximum Gasteiger partial charge on any atom is 0.286 e. The van der Waals surface area contributed by atoms with Crippen LogP contribution >= 0.6 is 23.4 Å². The molecule has 4 rings (SSSR count). The summed E-state index contributed by atoms with van der Waals surface area (Å²) in [5, 5.41) is 1.51. The molecule has 1 aromatic carbocycles. The molecule has 6 heteroatoms. The van der Waals surface area contributed by atoms with E-state index in [9.17, 15) is 4.79 Å². The Labute approximate surface area is 150 Å². The van der Waals surface area contributed by atoms with E-state index in [1.807, 2.05) is 30.4 Å². The number of piperidine rings is 1. The van der Waals surface area contributed by atoms with Crippen molar-refractivity contribution in [3.05, 3.63) is 45.3 Å². The summed E-state index contributed by atoms with van der Waals surface area (Å²) in [6, 6.07) is 5.55. The fraction of sp³-hybridized carbons (Fsp3) is 0.333. The molecule has 1 amide bonds. The molecule has 0 unspecified atom stereocenters. The van der Waals surface area contributed by atoms with Gasteiger partial charge in [0.15, 0.2) is 5.17 Å². The van der Waals surface area contributed by atoms with Crippen LogP contribution < -0.4 is 4.74 Å². The Morgan fingerprint density at radius 3 is 2.92 bits per heavy atom. The summed E-state index contributed by atoms with van der Waals surface area (Å²) in [6.45, 7) is 2.43. The predicted molar refractivity (Wildman–Crippen MR) is 98.5 cm³/mol. The number of amidine groups is 1. The lowest BCUT2D eigenvalue weighted by atomic mass is 10.1. The lowest BCUT2D eigenvalue weighted by Gasteiger charge is -2.27. The molecule has 3 aliphatic rings. The molecule has 0 spiro atoms. The maximum atomic E-state index is 12.2. The summed E-state index contributed by atoms with van der Waals surface area (Å²) in [6.07, 6.45) is 7.51. The molecule has 124 valence electrons.